The first kappa shape index (κ1) is 65.9. The van der Waals surface area contributed by atoms with Crippen LogP contribution in [0.15, 0.2) is 0 Å². The zero-order chi connectivity index (χ0) is 46.8. The molecule has 0 aliphatic heterocycles. The van der Waals surface area contributed by atoms with Crippen molar-refractivity contribution in [2.24, 2.45) is 0 Å². The third-order valence-corrected chi connectivity index (χ3v) is 14.1. The molecule has 0 aromatic rings. The molecule has 0 aliphatic rings. The lowest BCUT2D eigenvalue weighted by Crippen LogP contribution is -2.21. The molecule has 0 amide bonds. The first-order valence-electron chi connectivity index (χ1n) is 30.5. The van der Waals surface area contributed by atoms with Crippen molar-refractivity contribution in [3.05, 3.63) is 0 Å². The maximum Gasteiger partial charge on any atom is 0.0238 e. The van der Waals surface area contributed by atoms with E-state index in [0.29, 0.717) is 0 Å². The highest BCUT2D eigenvalue weighted by Crippen LogP contribution is 2.17. The first-order valence-corrected chi connectivity index (χ1v) is 30.5. The summed E-state index contributed by atoms with van der Waals surface area (Å²) in [6, 6.07) is 0. The molecule has 0 unspecified atom stereocenters. The Morgan fingerprint density at radius 2 is 0.250 bits per heavy atom. The molecule has 0 aromatic heterocycles. The van der Waals surface area contributed by atoms with Crippen LogP contribution in [-0.2, 0) is 0 Å². The van der Waals surface area contributed by atoms with Gasteiger partial charge in [0.15, 0.2) is 0 Å². The fourth-order valence-electron chi connectivity index (χ4n) is 9.47. The molecule has 0 saturated carbocycles. The highest BCUT2D eigenvalue weighted by atomic mass is 16.5. The Bertz CT molecular complexity index is 704. The molecule has 0 fully saturated rings. The SMILES string of the molecule is CCCCCCCCCCCCCCCCN(O)CCCCCCCCCCCCCCCC.CCCCCCCCCCCCCCN(O)CCCCCCCCCCCCCC. The van der Waals surface area contributed by atoms with E-state index in [4.69, 9.17) is 0 Å². The van der Waals surface area contributed by atoms with Crippen molar-refractivity contribution in [3.8, 4) is 0 Å². The van der Waals surface area contributed by atoms with Crippen LogP contribution < -0.4 is 0 Å². The smallest absolute Gasteiger partial charge is 0.0238 e. The average Bonchev–Trinajstić information content (AvgIpc) is 3.30. The number of hydrogen-bond acceptors (Lipinski definition) is 4. The minimum Gasteiger partial charge on any atom is -0.314 e. The van der Waals surface area contributed by atoms with E-state index < -0.39 is 0 Å². The lowest BCUT2D eigenvalue weighted by Gasteiger charge is -2.14. The second-order valence-electron chi connectivity index (χ2n) is 20.9. The van der Waals surface area contributed by atoms with E-state index in [0.717, 1.165) is 51.9 Å². The molecule has 388 valence electrons. The van der Waals surface area contributed by atoms with Gasteiger partial charge in [-0.15, -0.1) is 0 Å². The number of unbranched alkanes of at least 4 members (excludes halogenated alkanes) is 48. The molecule has 2 N–H and O–H groups in total. The average molecular weight is 908 g/mol. The van der Waals surface area contributed by atoms with Crippen molar-refractivity contribution < 1.29 is 10.4 Å². The Morgan fingerprint density at radius 3 is 0.359 bits per heavy atom. The van der Waals surface area contributed by atoms with E-state index in [-0.39, 0.29) is 0 Å². The summed E-state index contributed by atoms with van der Waals surface area (Å²) >= 11 is 0. The second kappa shape index (κ2) is 62.8. The predicted molar refractivity (Wildman–Crippen MR) is 289 cm³/mol. The molecular formula is C60H126N2O2. The summed E-state index contributed by atoms with van der Waals surface area (Å²) in [4.78, 5) is 0. The minimum absolute atomic E-state index is 0.870. The van der Waals surface area contributed by atoms with E-state index in [1.54, 1.807) is 10.1 Å². The van der Waals surface area contributed by atoms with Crippen LogP contribution in [-0.4, -0.2) is 46.7 Å². The van der Waals surface area contributed by atoms with E-state index in [9.17, 15) is 10.4 Å². The third kappa shape index (κ3) is 63.9. The van der Waals surface area contributed by atoms with Gasteiger partial charge in [0.1, 0.15) is 0 Å². The summed E-state index contributed by atoms with van der Waals surface area (Å²) in [5.41, 5.74) is 0. The Morgan fingerprint density at radius 1 is 0.156 bits per heavy atom. The predicted octanol–water partition coefficient (Wildman–Crippen LogP) is 21.7. The molecule has 0 aliphatic carbocycles. The van der Waals surface area contributed by atoms with Crippen molar-refractivity contribution in [2.75, 3.05) is 26.2 Å². The number of hydroxylamine groups is 4. The van der Waals surface area contributed by atoms with Crippen LogP contribution in [0.5, 0.6) is 0 Å². The quantitative estimate of drug-likeness (QED) is 0.0472. The van der Waals surface area contributed by atoms with Crippen LogP contribution in [0.4, 0.5) is 0 Å². The van der Waals surface area contributed by atoms with Gasteiger partial charge in [-0.25, -0.2) is 0 Å². The van der Waals surface area contributed by atoms with Crippen LogP contribution >= 0.6 is 0 Å². The van der Waals surface area contributed by atoms with Crippen molar-refractivity contribution >= 4 is 0 Å². The molecule has 4 nitrogen and oxygen atoms in total. The highest BCUT2D eigenvalue weighted by molar-refractivity contribution is 4.56. The summed E-state index contributed by atoms with van der Waals surface area (Å²) in [6.07, 6.45) is 72.1. The van der Waals surface area contributed by atoms with Gasteiger partial charge in [0, 0.05) is 26.2 Å². The van der Waals surface area contributed by atoms with Crippen LogP contribution in [0.3, 0.4) is 0 Å². The third-order valence-electron chi connectivity index (χ3n) is 14.1. The van der Waals surface area contributed by atoms with Gasteiger partial charge in [-0.1, -0.05) is 336 Å². The van der Waals surface area contributed by atoms with Gasteiger partial charge in [-0.05, 0) is 25.7 Å². The Kier molecular flexibility index (Phi) is 64.7. The van der Waals surface area contributed by atoms with Gasteiger partial charge >= 0.3 is 0 Å². The van der Waals surface area contributed by atoms with Gasteiger partial charge in [0.25, 0.3) is 0 Å². The number of hydrogen-bond donors (Lipinski definition) is 2. The van der Waals surface area contributed by atoms with Gasteiger partial charge < -0.3 is 10.4 Å². The maximum absolute atomic E-state index is 10.1. The normalized spacial score (nSPS) is 11.6. The van der Waals surface area contributed by atoms with Crippen LogP contribution in [0.2, 0.25) is 0 Å². The van der Waals surface area contributed by atoms with Crippen LogP contribution in [0.25, 0.3) is 0 Å². The van der Waals surface area contributed by atoms with E-state index >= 15 is 0 Å². The zero-order valence-electron chi connectivity index (χ0n) is 45.4. The van der Waals surface area contributed by atoms with Gasteiger partial charge in [-0.2, -0.15) is 10.1 Å². The van der Waals surface area contributed by atoms with Gasteiger partial charge in [-0.3, -0.25) is 0 Å². The molecular weight excluding hydrogens is 781 g/mol. The summed E-state index contributed by atoms with van der Waals surface area (Å²) in [6.45, 7) is 12.6. The molecule has 0 rings (SSSR count). The monoisotopic (exact) mass is 907 g/mol. The number of nitrogens with zero attached hydrogens (tertiary/aromatic N) is 2. The number of rotatable bonds is 56. The standard InChI is InChI=1S/C32H67NO.C28H59NO/c1-3-5-7-9-11-13-15-17-19-21-23-25-27-29-31-33(34)32-30-28-26-24-22-20-18-16-14-12-10-8-6-4-2;1-3-5-7-9-11-13-15-17-19-21-23-25-27-29(30)28-26-24-22-20-18-16-14-12-10-8-6-4-2/h34H,3-32H2,1-2H3;30H,3-28H2,1-2H3. The van der Waals surface area contributed by atoms with E-state index in [1.165, 1.54) is 308 Å². The van der Waals surface area contributed by atoms with Crippen LogP contribution in [0, 0.1) is 0 Å². The lowest BCUT2D eigenvalue weighted by molar-refractivity contribution is -0.0926. The Hall–Kier alpha value is -0.160. The Labute approximate surface area is 406 Å². The highest BCUT2D eigenvalue weighted by Gasteiger charge is 2.03. The van der Waals surface area contributed by atoms with Crippen molar-refractivity contribution in [1.29, 1.82) is 0 Å². The van der Waals surface area contributed by atoms with Gasteiger partial charge in [0.2, 0.25) is 0 Å². The fraction of sp³-hybridized carbons (Fsp3) is 1.00. The molecule has 0 heterocycles. The lowest BCUT2D eigenvalue weighted by atomic mass is 10.0. The summed E-state index contributed by atoms with van der Waals surface area (Å²) in [5.74, 6) is 0. The second-order valence-corrected chi connectivity index (χ2v) is 20.9. The van der Waals surface area contributed by atoms with Gasteiger partial charge in [0.05, 0.1) is 0 Å². The largest absolute Gasteiger partial charge is 0.314 e. The minimum atomic E-state index is 0.870. The fourth-order valence-corrected chi connectivity index (χ4v) is 9.47. The van der Waals surface area contributed by atoms with Crippen molar-refractivity contribution in [1.82, 2.24) is 10.1 Å². The van der Waals surface area contributed by atoms with E-state index in [2.05, 4.69) is 27.7 Å². The zero-order valence-corrected chi connectivity index (χ0v) is 45.4. The van der Waals surface area contributed by atoms with Crippen molar-refractivity contribution in [3.63, 3.8) is 0 Å². The Balaban J connectivity index is 0. The van der Waals surface area contributed by atoms with Crippen molar-refractivity contribution in [2.45, 2.75) is 362 Å². The molecule has 0 bridgehead atoms. The molecule has 0 aromatic carbocycles. The molecule has 0 radical (unpaired) electrons. The van der Waals surface area contributed by atoms with E-state index in [1.807, 2.05) is 0 Å². The summed E-state index contributed by atoms with van der Waals surface area (Å²) in [5, 5.41) is 23.2. The van der Waals surface area contributed by atoms with Crippen LogP contribution in [0.1, 0.15) is 362 Å². The maximum atomic E-state index is 10.1. The topological polar surface area (TPSA) is 46.9 Å². The first-order chi connectivity index (χ1) is 31.6. The molecule has 0 spiro atoms. The summed E-state index contributed by atoms with van der Waals surface area (Å²) < 4.78 is 0. The molecule has 64 heavy (non-hydrogen) atoms. The summed E-state index contributed by atoms with van der Waals surface area (Å²) in [7, 11) is 0. The molecule has 0 saturated heterocycles. The molecule has 4 heteroatoms. The molecule has 0 atom stereocenters.